The maximum Gasteiger partial charge on any atom is 0.327 e. The highest BCUT2D eigenvalue weighted by molar-refractivity contribution is 5.98. The van der Waals surface area contributed by atoms with Crippen molar-refractivity contribution in [2.45, 2.75) is 59.9 Å². The highest BCUT2D eigenvalue weighted by Gasteiger charge is 2.33. The van der Waals surface area contributed by atoms with Crippen molar-refractivity contribution in [3.05, 3.63) is 11.6 Å². The quantitative estimate of drug-likeness (QED) is 0.726. The van der Waals surface area contributed by atoms with Crippen molar-refractivity contribution >= 4 is 11.7 Å². The highest BCUT2D eigenvalue weighted by atomic mass is 16.5. The van der Waals surface area contributed by atoms with Gasteiger partial charge in [-0.15, -0.1) is 0 Å². The van der Waals surface area contributed by atoms with E-state index in [1.165, 1.54) is 0 Å². The van der Waals surface area contributed by atoms with Crippen molar-refractivity contribution < 1.29 is 9.53 Å². The molecule has 0 heterocycles. The lowest BCUT2D eigenvalue weighted by molar-refractivity contribution is -0.144. The minimum absolute atomic E-state index is 0.0119. The molecule has 21 heavy (non-hydrogen) atoms. The number of hydrogen-bond donors (Lipinski definition) is 0. The van der Waals surface area contributed by atoms with E-state index in [-0.39, 0.29) is 11.5 Å². The van der Waals surface area contributed by atoms with Gasteiger partial charge < -0.3 is 4.74 Å². The third kappa shape index (κ3) is 5.00. The standard InChI is InChI=1S/C17H26N2O2/c1-6-12(3)19-14-8-13(9-17(4,5)10-14)15(11-18)16(20)21-7-2/h8,12,15H,6-7,9-10H2,1-5H3. The number of nitriles is 1. The van der Waals surface area contributed by atoms with Crippen LogP contribution in [0, 0.1) is 22.7 Å². The number of hydrogen-bond acceptors (Lipinski definition) is 4. The van der Waals surface area contributed by atoms with Gasteiger partial charge in [-0.2, -0.15) is 5.26 Å². The third-order valence-corrected chi connectivity index (χ3v) is 3.69. The molecule has 0 bridgehead atoms. The second-order valence-electron chi connectivity index (χ2n) is 6.43. The van der Waals surface area contributed by atoms with Gasteiger partial charge in [-0.05, 0) is 50.2 Å². The van der Waals surface area contributed by atoms with Gasteiger partial charge in [-0.25, -0.2) is 0 Å². The maximum atomic E-state index is 11.9. The summed E-state index contributed by atoms with van der Waals surface area (Å²) in [6.07, 6.45) is 4.51. The van der Waals surface area contributed by atoms with Crippen LogP contribution in [0.4, 0.5) is 0 Å². The Morgan fingerprint density at radius 3 is 2.67 bits per heavy atom. The predicted molar refractivity (Wildman–Crippen MR) is 84.0 cm³/mol. The third-order valence-electron chi connectivity index (χ3n) is 3.69. The first-order valence-corrected chi connectivity index (χ1v) is 7.66. The topological polar surface area (TPSA) is 62.5 Å². The minimum Gasteiger partial charge on any atom is -0.465 e. The van der Waals surface area contributed by atoms with Crippen LogP contribution < -0.4 is 0 Å². The van der Waals surface area contributed by atoms with Crippen LogP contribution in [0.2, 0.25) is 0 Å². The Bertz CT molecular complexity index is 484. The molecule has 4 heteroatoms. The summed E-state index contributed by atoms with van der Waals surface area (Å²) in [5.41, 5.74) is 1.83. The lowest BCUT2D eigenvalue weighted by Crippen LogP contribution is -2.28. The Morgan fingerprint density at radius 1 is 1.48 bits per heavy atom. The van der Waals surface area contributed by atoms with Gasteiger partial charge in [-0.1, -0.05) is 20.8 Å². The molecule has 0 saturated carbocycles. The van der Waals surface area contributed by atoms with E-state index in [1.807, 2.05) is 6.08 Å². The van der Waals surface area contributed by atoms with Gasteiger partial charge in [0.2, 0.25) is 0 Å². The summed E-state index contributed by atoms with van der Waals surface area (Å²) in [6, 6.07) is 2.34. The number of allylic oxidation sites excluding steroid dienone is 1. The first-order chi connectivity index (χ1) is 9.82. The largest absolute Gasteiger partial charge is 0.465 e. The van der Waals surface area contributed by atoms with Crippen LogP contribution >= 0.6 is 0 Å². The molecule has 1 aliphatic carbocycles. The number of aliphatic imine (C=N–C) groups is 1. The van der Waals surface area contributed by atoms with Crippen LogP contribution in [0.25, 0.3) is 0 Å². The molecule has 1 aliphatic rings. The Hall–Kier alpha value is -1.63. The van der Waals surface area contributed by atoms with Crippen molar-refractivity contribution in [1.82, 2.24) is 0 Å². The average Bonchev–Trinajstić information content (AvgIpc) is 2.37. The lowest BCUT2D eigenvalue weighted by Gasteiger charge is -2.32. The van der Waals surface area contributed by atoms with Gasteiger partial charge in [0.05, 0.1) is 12.7 Å². The number of rotatable bonds is 5. The molecule has 0 radical (unpaired) electrons. The maximum absolute atomic E-state index is 11.9. The van der Waals surface area contributed by atoms with Crippen LogP contribution in [0.3, 0.4) is 0 Å². The Morgan fingerprint density at radius 2 is 2.14 bits per heavy atom. The summed E-state index contributed by atoms with van der Waals surface area (Å²) in [5.74, 6) is -1.27. The second kappa shape index (κ2) is 7.40. The molecule has 2 atom stereocenters. The molecule has 116 valence electrons. The molecule has 0 spiro atoms. The van der Waals surface area contributed by atoms with Crippen molar-refractivity contribution in [3.8, 4) is 6.07 Å². The van der Waals surface area contributed by atoms with E-state index in [0.29, 0.717) is 6.61 Å². The normalized spacial score (nSPS) is 22.1. The first-order valence-electron chi connectivity index (χ1n) is 7.66. The Balaban J connectivity index is 3.10. The zero-order chi connectivity index (χ0) is 16.0. The second-order valence-corrected chi connectivity index (χ2v) is 6.43. The van der Waals surface area contributed by atoms with Gasteiger partial charge in [0.25, 0.3) is 0 Å². The van der Waals surface area contributed by atoms with E-state index in [1.54, 1.807) is 6.92 Å². The number of carbonyl (C=O) groups excluding carboxylic acids is 1. The minimum atomic E-state index is -0.813. The molecule has 0 aromatic carbocycles. The zero-order valence-corrected chi connectivity index (χ0v) is 13.8. The van der Waals surface area contributed by atoms with E-state index in [9.17, 15) is 10.1 Å². The van der Waals surface area contributed by atoms with Crippen molar-refractivity contribution in [2.24, 2.45) is 16.3 Å². The molecule has 0 aromatic heterocycles. The molecule has 4 nitrogen and oxygen atoms in total. The van der Waals surface area contributed by atoms with Crippen LogP contribution in [0.5, 0.6) is 0 Å². The summed E-state index contributed by atoms with van der Waals surface area (Å²) in [7, 11) is 0. The van der Waals surface area contributed by atoms with Crippen LogP contribution in [0.15, 0.2) is 16.6 Å². The molecular weight excluding hydrogens is 264 g/mol. The summed E-state index contributed by atoms with van der Waals surface area (Å²) < 4.78 is 5.01. The molecule has 0 saturated heterocycles. The summed E-state index contributed by atoms with van der Waals surface area (Å²) in [6.45, 7) is 10.5. The predicted octanol–water partition coefficient (Wildman–Crippen LogP) is 3.68. The van der Waals surface area contributed by atoms with Crippen molar-refractivity contribution in [3.63, 3.8) is 0 Å². The molecule has 2 unspecified atom stereocenters. The SMILES string of the molecule is CCOC(=O)C(C#N)C1=CC(=NC(C)CC)CC(C)(C)C1. The average molecular weight is 290 g/mol. The van der Waals surface area contributed by atoms with Crippen LogP contribution in [0.1, 0.15) is 53.9 Å². The van der Waals surface area contributed by atoms with E-state index in [2.05, 4.69) is 33.8 Å². The fourth-order valence-electron chi connectivity index (χ4n) is 2.58. The van der Waals surface area contributed by atoms with Gasteiger partial charge in [0, 0.05) is 11.8 Å². The molecule has 0 aromatic rings. The highest BCUT2D eigenvalue weighted by Crippen LogP contribution is 2.37. The van der Waals surface area contributed by atoms with Crippen LogP contribution in [-0.4, -0.2) is 24.3 Å². The van der Waals surface area contributed by atoms with Crippen molar-refractivity contribution in [2.75, 3.05) is 6.61 Å². The lowest BCUT2D eigenvalue weighted by atomic mass is 9.73. The van der Waals surface area contributed by atoms with E-state index >= 15 is 0 Å². The van der Waals surface area contributed by atoms with Gasteiger partial charge >= 0.3 is 5.97 Å². The molecule has 0 N–H and O–H groups in total. The number of nitrogens with zero attached hydrogens (tertiary/aromatic N) is 2. The monoisotopic (exact) mass is 290 g/mol. The summed E-state index contributed by atoms with van der Waals surface area (Å²) >= 11 is 0. The number of esters is 1. The Labute approximate surface area is 127 Å². The van der Waals surface area contributed by atoms with E-state index < -0.39 is 11.9 Å². The molecular formula is C17H26N2O2. The smallest absolute Gasteiger partial charge is 0.327 e. The fraction of sp³-hybridized carbons (Fsp3) is 0.706. The molecule has 1 rings (SSSR count). The summed E-state index contributed by atoms with van der Waals surface area (Å²) in [4.78, 5) is 16.6. The number of ether oxygens (including phenoxy) is 1. The molecule has 0 fully saturated rings. The van der Waals surface area contributed by atoms with Gasteiger partial charge in [0.15, 0.2) is 5.92 Å². The first kappa shape index (κ1) is 17.4. The summed E-state index contributed by atoms with van der Waals surface area (Å²) in [5, 5.41) is 9.33. The van der Waals surface area contributed by atoms with E-state index in [4.69, 9.17) is 9.73 Å². The van der Waals surface area contributed by atoms with Crippen molar-refractivity contribution in [1.29, 1.82) is 5.26 Å². The Kier molecular flexibility index (Phi) is 6.14. The molecule has 0 amide bonds. The van der Waals surface area contributed by atoms with Crippen LogP contribution in [-0.2, 0) is 9.53 Å². The zero-order valence-electron chi connectivity index (χ0n) is 13.8. The molecule has 0 aliphatic heterocycles. The fourth-order valence-corrected chi connectivity index (χ4v) is 2.58. The van der Waals surface area contributed by atoms with E-state index in [0.717, 1.165) is 30.5 Å². The van der Waals surface area contributed by atoms with Gasteiger partial charge in [0.1, 0.15) is 0 Å². The van der Waals surface area contributed by atoms with Gasteiger partial charge in [-0.3, -0.25) is 9.79 Å². The number of carbonyl (C=O) groups is 1.